The minimum absolute atomic E-state index is 0.0788. The Kier molecular flexibility index (Phi) is 4.38. The first-order valence-corrected chi connectivity index (χ1v) is 7.71. The van der Waals surface area contributed by atoms with Gasteiger partial charge in [-0.2, -0.15) is 0 Å². The molecule has 1 aromatic heterocycles. The highest BCUT2D eigenvalue weighted by Crippen LogP contribution is 2.34. The van der Waals surface area contributed by atoms with Gasteiger partial charge in [0.1, 0.15) is 5.82 Å². The van der Waals surface area contributed by atoms with Crippen molar-refractivity contribution in [2.45, 2.75) is 50.7 Å². The Morgan fingerprint density at radius 2 is 2.25 bits per heavy atom. The topological polar surface area (TPSA) is 59.2 Å². The quantitative estimate of drug-likeness (QED) is 0.878. The Hall–Kier alpha value is -0.910. The van der Waals surface area contributed by atoms with Crippen LogP contribution in [0.3, 0.4) is 0 Å². The first-order valence-electron chi connectivity index (χ1n) is 7.71. The Bertz CT molecular complexity index is 421. The maximum atomic E-state index is 6.07. The molecule has 2 saturated heterocycles. The number of rotatable bonds is 4. The predicted octanol–water partition coefficient (Wildman–Crippen LogP) is 1.58. The largest absolute Gasteiger partial charge is 0.381 e. The minimum Gasteiger partial charge on any atom is -0.381 e. The maximum absolute atomic E-state index is 6.07. The van der Waals surface area contributed by atoms with Gasteiger partial charge in [-0.05, 0) is 32.6 Å². The Morgan fingerprint density at radius 3 is 3.00 bits per heavy atom. The Balaban J connectivity index is 1.45. The average Bonchev–Trinajstić information content (AvgIpc) is 2.86. The van der Waals surface area contributed by atoms with Crippen LogP contribution >= 0.6 is 0 Å². The van der Waals surface area contributed by atoms with Crippen LogP contribution in [0.1, 0.15) is 37.2 Å². The molecule has 0 aromatic carbocycles. The fourth-order valence-corrected chi connectivity index (χ4v) is 3.28. The van der Waals surface area contributed by atoms with Gasteiger partial charge in [0.2, 0.25) is 0 Å². The van der Waals surface area contributed by atoms with E-state index in [0.29, 0.717) is 6.04 Å². The van der Waals surface area contributed by atoms with Gasteiger partial charge < -0.3 is 19.8 Å². The van der Waals surface area contributed by atoms with Crippen molar-refractivity contribution in [2.75, 3.05) is 26.4 Å². The molecule has 0 bridgehead atoms. The molecule has 1 unspecified atom stereocenters. The van der Waals surface area contributed by atoms with Crippen LogP contribution in [0.2, 0.25) is 0 Å². The summed E-state index contributed by atoms with van der Waals surface area (Å²) in [7, 11) is 0. The van der Waals surface area contributed by atoms with Gasteiger partial charge in [0.05, 0.1) is 5.60 Å². The van der Waals surface area contributed by atoms with Crippen LogP contribution in [0.4, 0.5) is 0 Å². The van der Waals surface area contributed by atoms with Crippen molar-refractivity contribution in [3.05, 3.63) is 17.7 Å². The number of nitrogens with zero attached hydrogens (tertiary/aromatic N) is 1. The van der Waals surface area contributed by atoms with Gasteiger partial charge in [0.15, 0.2) is 0 Å². The summed E-state index contributed by atoms with van der Waals surface area (Å²) in [6.45, 7) is 5.58. The first kappa shape index (κ1) is 14.0. The van der Waals surface area contributed by atoms with Gasteiger partial charge in [0, 0.05) is 50.7 Å². The molecule has 5 heteroatoms. The lowest BCUT2D eigenvalue weighted by Crippen LogP contribution is -2.50. The molecular weight excluding hydrogens is 254 g/mol. The van der Waals surface area contributed by atoms with Crippen molar-refractivity contribution < 1.29 is 9.47 Å². The molecule has 0 radical (unpaired) electrons. The predicted molar refractivity (Wildman–Crippen MR) is 76.8 cm³/mol. The maximum Gasteiger partial charge on any atom is 0.107 e. The van der Waals surface area contributed by atoms with E-state index in [4.69, 9.17) is 9.47 Å². The molecule has 2 N–H and O–H groups in total. The van der Waals surface area contributed by atoms with Crippen molar-refractivity contribution in [3.8, 4) is 0 Å². The molecule has 20 heavy (non-hydrogen) atoms. The van der Waals surface area contributed by atoms with Crippen LogP contribution in [0.15, 0.2) is 6.20 Å². The normalized spacial score (nSPS) is 25.9. The molecule has 0 aliphatic carbocycles. The fourth-order valence-electron chi connectivity index (χ4n) is 3.28. The van der Waals surface area contributed by atoms with E-state index in [9.17, 15) is 0 Å². The standard InChI is InChI=1S/C15H25N3O2/c1-12-11-17-14(18-12)2-6-16-13-3-7-20-15(10-13)4-8-19-9-5-15/h11,13,16H,2-10H2,1H3,(H,17,18). The summed E-state index contributed by atoms with van der Waals surface area (Å²) in [6.07, 6.45) is 7.17. The summed E-state index contributed by atoms with van der Waals surface area (Å²) in [4.78, 5) is 7.62. The van der Waals surface area contributed by atoms with Gasteiger partial charge in [-0.1, -0.05) is 0 Å². The van der Waals surface area contributed by atoms with Gasteiger partial charge >= 0.3 is 0 Å². The smallest absolute Gasteiger partial charge is 0.107 e. The molecule has 1 spiro atoms. The molecule has 112 valence electrons. The van der Waals surface area contributed by atoms with Crippen LogP contribution in [0.25, 0.3) is 0 Å². The monoisotopic (exact) mass is 279 g/mol. The number of hydrogen-bond donors (Lipinski definition) is 2. The number of hydrogen-bond acceptors (Lipinski definition) is 4. The molecule has 3 rings (SSSR count). The van der Waals surface area contributed by atoms with E-state index in [1.54, 1.807) is 0 Å². The lowest BCUT2D eigenvalue weighted by atomic mass is 9.84. The lowest BCUT2D eigenvalue weighted by molar-refractivity contribution is -0.140. The molecule has 1 atom stereocenters. The summed E-state index contributed by atoms with van der Waals surface area (Å²) in [5.41, 5.74) is 1.21. The molecular formula is C15H25N3O2. The van der Waals surface area contributed by atoms with E-state index >= 15 is 0 Å². The zero-order valence-corrected chi connectivity index (χ0v) is 12.3. The lowest BCUT2D eigenvalue weighted by Gasteiger charge is -2.43. The number of aromatic nitrogens is 2. The van der Waals surface area contributed by atoms with Gasteiger partial charge in [-0.25, -0.2) is 4.98 Å². The third kappa shape index (κ3) is 3.40. The van der Waals surface area contributed by atoms with Crippen LogP contribution in [-0.2, 0) is 15.9 Å². The van der Waals surface area contributed by atoms with E-state index in [1.807, 2.05) is 13.1 Å². The molecule has 0 saturated carbocycles. The minimum atomic E-state index is 0.0788. The number of aromatic amines is 1. The number of ether oxygens (including phenoxy) is 2. The van der Waals surface area contributed by atoms with Crippen molar-refractivity contribution in [2.24, 2.45) is 0 Å². The van der Waals surface area contributed by atoms with E-state index < -0.39 is 0 Å². The average molecular weight is 279 g/mol. The zero-order chi connectivity index (χ0) is 13.8. The summed E-state index contributed by atoms with van der Waals surface area (Å²) >= 11 is 0. The third-order valence-electron chi connectivity index (χ3n) is 4.45. The summed E-state index contributed by atoms with van der Waals surface area (Å²) in [5.74, 6) is 1.07. The second-order valence-electron chi connectivity index (χ2n) is 6.05. The second kappa shape index (κ2) is 6.24. The second-order valence-corrected chi connectivity index (χ2v) is 6.05. The fraction of sp³-hybridized carbons (Fsp3) is 0.800. The summed E-state index contributed by atoms with van der Waals surface area (Å²) in [5, 5.41) is 3.67. The highest BCUT2D eigenvalue weighted by molar-refractivity contribution is 4.99. The van der Waals surface area contributed by atoms with Gasteiger partial charge in [0.25, 0.3) is 0 Å². The highest BCUT2D eigenvalue weighted by atomic mass is 16.5. The molecule has 5 nitrogen and oxygen atoms in total. The third-order valence-corrected chi connectivity index (χ3v) is 4.45. The van der Waals surface area contributed by atoms with Crippen LogP contribution < -0.4 is 5.32 Å². The SMILES string of the molecule is Cc1cnc(CCNC2CCOC3(CCOCC3)C2)[nH]1. The summed E-state index contributed by atoms with van der Waals surface area (Å²) < 4.78 is 11.5. The molecule has 2 aliphatic rings. The summed E-state index contributed by atoms with van der Waals surface area (Å²) in [6, 6.07) is 0.568. The molecule has 3 heterocycles. The Labute approximate surface area is 120 Å². The molecule has 1 aromatic rings. The van der Waals surface area contributed by atoms with Crippen molar-refractivity contribution in [1.82, 2.24) is 15.3 Å². The number of H-pyrrole nitrogens is 1. The van der Waals surface area contributed by atoms with E-state index in [2.05, 4.69) is 15.3 Å². The van der Waals surface area contributed by atoms with Crippen molar-refractivity contribution >= 4 is 0 Å². The van der Waals surface area contributed by atoms with Crippen LogP contribution in [0, 0.1) is 6.92 Å². The highest BCUT2D eigenvalue weighted by Gasteiger charge is 2.38. The van der Waals surface area contributed by atoms with Crippen LogP contribution in [0.5, 0.6) is 0 Å². The number of nitrogens with one attached hydrogen (secondary N) is 2. The Morgan fingerprint density at radius 1 is 1.40 bits per heavy atom. The molecule has 2 aliphatic heterocycles. The van der Waals surface area contributed by atoms with Crippen molar-refractivity contribution in [3.63, 3.8) is 0 Å². The van der Waals surface area contributed by atoms with Gasteiger partial charge in [-0.15, -0.1) is 0 Å². The van der Waals surface area contributed by atoms with Crippen LogP contribution in [-0.4, -0.2) is 48.0 Å². The van der Waals surface area contributed by atoms with E-state index in [-0.39, 0.29) is 5.60 Å². The molecule has 0 amide bonds. The molecule has 2 fully saturated rings. The van der Waals surface area contributed by atoms with Crippen molar-refractivity contribution in [1.29, 1.82) is 0 Å². The first-order chi connectivity index (χ1) is 9.76. The van der Waals surface area contributed by atoms with E-state index in [1.165, 1.54) is 0 Å². The van der Waals surface area contributed by atoms with Gasteiger partial charge in [-0.3, -0.25) is 0 Å². The number of imidazole rings is 1. The zero-order valence-electron chi connectivity index (χ0n) is 12.3. The number of aryl methyl sites for hydroxylation is 1. The van der Waals surface area contributed by atoms with E-state index in [0.717, 1.165) is 70.0 Å².